The van der Waals surface area contributed by atoms with Crippen molar-refractivity contribution in [2.75, 3.05) is 13.7 Å². The highest BCUT2D eigenvalue weighted by atomic mass is 16.5. The Labute approximate surface area is 125 Å². The average Bonchev–Trinajstić information content (AvgIpc) is 2.48. The molecule has 0 aliphatic rings. The predicted molar refractivity (Wildman–Crippen MR) is 78.3 cm³/mol. The summed E-state index contributed by atoms with van der Waals surface area (Å²) in [6, 6.07) is 6.76. The molecule has 5 heteroatoms. The molecule has 5 nitrogen and oxygen atoms in total. The average molecular weight is 294 g/mol. The fraction of sp³-hybridized carbons (Fsp3) is 0.500. The van der Waals surface area contributed by atoms with Crippen molar-refractivity contribution in [2.24, 2.45) is 0 Å². The molecular formula is C16H22O5. The SMILES string of the molecule is CCCCOC(=O)CCCC(=O)Oc1ccc(OC)cc1. The van der Waals surface area contributed by atoms with Crippen LogP contribution in [0.15, 0.2) is 24.3 Å². The highest BCUT2D eigenvalue weighted by Crippen LogP contribution is 2.17. The number of unbranched alkanes of at least 4 members (excludes halogenated alkanes) is 1. The first kappa shape index (κ1) is 17.0. The van der Waals surface area contributed by atoms with Crippen LogP contribution in [-0.4, -0.2) is 25.7 Å². The van der Waals surface area contributed by atoms with Gasteiger partial charge in [0.1, 0.15) is 11.5 Å². The standard InChI is InChI=1S/C16H22O5/c1-3-4-12-20-15(17)6-5-7-16(18)21-14-10-8-13(19-2)9-11-14/h8-11H,3-7,12H2,1-2H3. The molecule has 1 aromatic rings. The smallest absolute Gasteiger partial charge is 0.311 e. The summed E-state index contributed by atoms with van der Waals surface area (Å²) in [6.45, 7) is 2.48. The lowest BCUT2D eigenvalue weighted by atomic mass is 10.2. The molecule has 0 aliphatic heterocycles. The summed E-state index contributed by atoms with van der Waals surface area (Å²) < 4.78 is 15.2. The van der Waals surface area contributed by atoms with Crippen molar-refractivity contribution < 1.29 is 23.8 Å². The van der Waals surface area contributed by atoms with Gasteiger partial charge in [-0.05, 0) is 37.1 Å². The molecule has 0 unspecified atom stereocenters. The maximum atomic E-state index is 11.6. The molecule has 0 atom stereocenters. The summed E-state index contributed by atoms with van der Waals surface area (Å²) >= 11 is 0. The Hall–Kier alpha value is -2.04. The molecule has 1 aromatic carbocycles. The third-order valence-corrected chi connectivity index (χ3v) is 2.81. The van der Waals surface area contributed by atoms with Gasteiger partial charge in [0, 0.05) is 12.8 Å². The molecule has 0 heterocycles. The number of esters is 2. The second-order valence-electron chi connectivity index (χ2n) is 4.58. The predicted octanol–water partition coefficient (Wildman–Crippen LogP) is 3.11. The number of rotatable bonds is 9. The van der Waals surface area contributed by atoms with Gasteiger partial charge >= 0.3 is 11.9 Å². The van der Waals surface area contributed by atoms with E-state index in [2.05, 4.69) is 0 Å². The summed E-state index contributed by atoms with van der Waals surface area (Å²) in [5.41, 5.74) is 0. The minimum Gasteiger partial charge on any atom is -0.497 e. The van der Waals surface area contributed by atoms with Crippen LogP contribution in [-0.2, 0) is 14.3 Å². The summed E-state index contributed by atoms with van der Waals surface area (Å²) in [4.78, 5) is 22.9. The highest BCUT2D eigenvalue weighted by molar-refractivity contribution is 5.74. The Morgan fingerprint density at radius 2 is 1.57 bits per heavy atom. The molecule has 0 saturated carbocycles. The Balaban J connectivity index is 2.20. The van der Waals surface area contributed by atoms with Gasteiger partial charge in [-0.1, -0.05) is 13.3 Å². The van der Waals surface area contributed by atoms with E-state index >= 15 is 0 Å². The van der Waals surface area contributed by atoms with Crippen LogP contribution in [0.1, 0.15) is 39.0 Å². The normalized spacial score (nSPS) is 10.0. The summed E-state index contributed by atoms with van der Waals surface area (Å²) in [6.07, 6.45) is 2.71. The Kier molecular flexibility index (Phi) is 7.94. The third kappa shape index (κ3) is 7.34. The van der Waals surface area contributed by atoms with E-state index in [1.807, 2.05) is 6.92 Å². The van der Waals surface area contributed by atoms with E-state index in [0.29, 0.717) is 24.5 Å². The maximum Gasteiger partial charge on any atom is 0.311 e. The fourth-order valence-electron chi connectivity index (χ4n) is 1.61. The van der Waals surface area contributed by atoms with Gasteiger partial charge in [-0.15, -0.1) is 0 Å². The van der Waals surface area contributed by atoms with Crippen molar-refractivity contribution in [2.45, 2.75) is 39.0 Å². The van der Waals surface area contributed by atoms with E-state index in [-0.39, 0.29) is 24.8 Å². The molecule has 21 heavy (non-hydrogen) atoms. The molecule has 116 valence electrons. The topological polar surface area (TPSA) is 61.8 Å². The zero-order valence-corrected chi connectivity index (χ0v) is 12.6. The van der Waals surface area contributed by atoms with Crippen LogP contribution in [0.3, 0.4) is 0 Å². The number of benzene rings is 1. The second-order valence-corrected chi connectivity index (χ2v) is 4.58. The molecule has 0 aromatic heterocycles. The number of ether oxygens (including phenoxy) is 3. The van der Waals surface area contributed by atoms with E-state index < -0.39 is 0 Å². The van der Waals surface area contributed by atoms with E-state index in [0.717, 1.165) is 12.8 Å². The lowest BCUT2D eigenvalue weighted by Gasteiger charge is -2.06. The molecule has 0 aliphatic carbocycles. The largest absolute Gasteiger partial charge is 0.497 e. The van der Waals surface area contributed by atoms with E-state index in [9.17, 15) is 9.59 Å². The molecule has 0 radical (unpaired) electrons. The molecule has 0 spiro atoms. The summed E-state index contributed by atoms with van der Waals surface area (Å²) in [7, 11) is 1.57. The van der Waals surface area contributed by atoms with Crippen molar-refractivity contribution in [3.8, 4) is 11.5 Å². The first-order valence-corrected chi connectivity index (χ1v) is 7.16. The molecule has 0 fully saturated rings. The molecule has 0 bridgehead atoms. The van der Waals surface area contributed by atoms with E-state index in [1.165, 1.54) is 0 Å². The van der Waals surface area contributed by atoms with Gasteiger partial charge in [0.15, 0.2) is 0 Å². The maximum absolute atomic E-state index is 11.6. The number of hydrogen-bond acceptors (Lipinski definition) is 5. The lowest BCUT2D eigenvalue weighted by molar-refractivity contribution is -0.144. The lowest BCUT2D eigenvalue weighted by Crippen LogP contribution is -2.10. The second kappa shape index (κ2) is 9.80. The van der Waals surface area contributed by atoms with Gasteiger partial charge in [-0.25, -0.2) is 0 Å². The fourth-order valence-corrected chi connectivity index (χ4v) is 1.61. The molecular weight excluding hydrogens is 272 g/mol. The van der Waals surface area contributed by atoms with Crippen LogP contribution in [0, 0.1) is 0 Å². The van der Waals surface area contributed by atoms with Gasteiger partial charge in [0.05, 0.1) is 13.7 Å². The summed E-state index contributed by atoms with van der Waals surface area (Å²) in [5, 5.41) is 0. The quantitative estimate of drug-likeness (QED) is 0.398. The van der Waals surface area contributed by atoms with Gasteiger partial charge in [-0.2, -0.15) is 0 Å². The summed E-state index contributed by atoms with van der Waals surface area (Å²) in [5.74, 6) is 0.540. The van der Waals surface area contributed by atoms with Crippen LogP contribution in [0.4, 0.5) is 0 Å². The first-order chi connectivity index (χ1) is 10.2. The Morgan fingerprint density at radius 3 is 2.19 bits per heavy atom. The van der Waals surface area contributed by atoms with Gasteiger partial charge in [0.25, 0.3) is 0 Å². The molecule has 0 N–H and O–H groups in total. The van der Waals surface area contributed by atoms with Crippen molar-refractivity contribution in [3.05, 3.63) is 24.3 Å². The minimum absolute atomic E-state index is 0.189. The van der Waals surface area contributed by atoms with Gasteiger partial charge in [0.2, 0.25) is 0 Å². The molecule has 1 rings (SSSR count). The van der Waals surface area contributed by atoms with Crippen LogP contribution in [0.25, 0.3) is 0 Å². The van der Waals surface area contributed by atoms with Crippen LogP contribution < -0.4 is 9.47 Å². The monoisotopic (exact) mass is 294 g/mol. The van der Waals surface area contributed by atoms with Gasteiger partial charge < -0.3 is 14.2 Å². The number of carbonyl (C=O) groups excluding carboxylic acids is 2. The Bertz CT molecular complexity index is 438. The zero-order valence-electron chi connectivity index (χ0n) is 12.6. The molecule has 0 amide bonds. The number of hydrogen-bond donors (Lipinski definition) is 0. The van der Waals surface area contributed by atoms with E-state index in [4.69, 9.17) is 14.2 Å². The Morgan fingerprint density at radius 1 is 0.952 bits per heavy atom. The minimum atomic E-state index is -0.360. The van der Waals surface area contributed by atoms with Crippen LogP contribution >= 0.6 is 0 Å². The van der Waals surface area contributed by atoms with E-state index in [1.54, 1.807) is 31.4 Å². The first-order valence-electron chi connectivity index (χ1n) is 7.16. The third-order valence-electron chi connectivity index (χ3n) is 2.81. The van der Waals surface area contributed by atoms with Crippen molar-refractivity contribution in [1.82, 2.24) is 0 Å². The van der Waals surface area contributed by atoms with Gasteiger partial charge in [-0.3, -0.25) is 9.59 Å². The molecule has 0 saturated heterocycles. The van der Waals surface area contributed by atoms with Crippen LogP contribution in [0.5, 0.6) is 11.5 Å². The number of carbonyl (C=O) groups is 2. The zero-order chi connectivity index (χ0) is 15.5. The number of methoxy groups -OCH3 is 1. The van der Waals surface area contributed by atoms with Crippen LogP contribution in [0.2, 0.25) is 0 Å². The van der Waals surface area contributed by atoms with Crippen molar-refractivity contribution in [1.29, 1.82) is 0 Å². The van der Waals surface area contributed by atoms with Crippen molar-refractivity contribution in [3.63, 3.8) is 0 Å². The van der Waals surface area contributed by atoms with Crippen molar-refractivity contribution >= 4 is 11.9 Å². The highest BCUT2D eigenvalue weighted by Gasteiger charge is 2.08.